The van der Waals surface area contributed by atoms with Gasteiger partial charge in [0.1, 0.15) is 5.82 Å². The van der Waals surface area contributed by atoms with Crippen molar-refractivity contribution in [2.24, 2.45) is 0 Å². The zero-order chi connectivity index (χ0) is 14.4. The number of nitrogens with zero attached hydrogens (tertiary/aromatic N) is 2. The Morgan fingerprint density at radius 3 is 2.65 bits per heavy atom. The fraction of sp³-hybridized carbons (Fsp3) is 0.462. The summed E-state index contributed by atoms with van der Waals surface area (Å²) in [6.45, 7) is 2.11. The summed E-state index contributed by atoms with van der Waals surface area (Å²) >= 11 is 1.06. The van der Waals surface area contributed by atoms with Gasteiger partial charge in [-0.2, -0.15) is 0 Å². The summed E-state index contributed by atoms with van der Waals surface area (Å²) in [5, 5.41) is 11.1. The Labute approximate surface area is 121 Å². The number of rotatable bonds is 6. The molecule has 7 heteroatoms. The van der Waals surface area contributed by atoms with Gasteiger partial charge in [0.05, 0.1) is 23.4 Å². The number of aromatic nitrogens is 1. The first-order valence-corrected chi connectivity index (χ1v) is 7.61. The van der Waals surface area contributed by atoms with Gasteiger partial charge in [0.2, 0.25) is 5.91 Å². The van der Waals surface area contributed by atoms with Crippen LogP contribution >= 0.6 is 11.8 Å². The van der Waals surface area contributed by atoms with Crippen molar-refractivity contribution in [3.8, 4) is 0 Å². The van der Waals surface area contributed by atoms with Crippen molar-refractivity contribution >= 4 is 35.1 Å². The molecule has 1 aliphatic rings. The molecule has 0 radical (unpaired) electrons. The molecule has 0 bridgehead atoms. The van der Waals surface area contributed by atoms with E-state index in [-0.39, 0.29) is 17.4 Å². The Morgan fingerprint density at radius 2 is 2.05 bits per heavy atom. The predicted molar refractivity (Wildman–Crippen MR) is 79.3 cm³/mol. The zero-order valence-electron chi connectivity index (χ0n) is 11.0. The number of carbonyl (C=O) groups is 2. The molecule has 20 heavy (non-hydrogen) atoms. The van der Waals surface area contributed by atoms with Crippen LogP contribution in [0.4, 0.5) is 11.5 Å². The van der Waals surface area contributed by atoms with Gasteiger partial charge in [-0.15, -0.1) is 11.8 Å². The van der Waals surface area contributed by atoms with Crippen LogP contribution in [-0.2, 0) is 9.59 Å². The molecule has 2 heterocycles. The second-order valence-corrected chi connectivity index (χ2v) is 5.52. The van der Waals surface area contributed by atoms with Crippen LogP contribution in [0, 0.1) is 0 Å². The lowest BCUT2D eigenvalue weighted by Crippen LogP contribution is -2.19. The van der Waals surface area contributed by atoms with Gasteiger partial charge in [0.25, 0.3) is 0 Å². The van der Waals surface area contributed by atoms with Crippen LogP contribution < -0.4 is 10.2 Å². The van der Waals surface area contributed by atoms with Crippen LogP contribution in [0.15, 0.2) is 18.3 Å². The maximum atomic E-state index is 11.6. The van der Waals surface area contributed by atoms with E-state index >= 15 is 0 Å². The van der Waals surface area contributed by atoms with Gasteiger partial charge in [0.15, 0.2) is 0 Å². The monoisotopic (exact) mass is 295 g/mol. The second kappa shape index (κ2) is 7.14. The highest BCUT2D eigenvalue weighted by molar-refractivity contribution is 8.00. The van der Waals surface area contributed by atoms with Gasteiger partial charge in [-0.25, -0.2) is 4.98 Å². The maximum Gasteiger partial charge on any atom is 0.313 e. The molecule has 0 aliphatic carbocycles. The molecule has 0 unspecified atom stereocenters. The minimum Gasteiger partial charge on any atom is -0.481 e. The zero-order valence-corrected chi connectivity index (χ0v) is 11.9. The van der Waals surface area contributed by atoms with Gasteiger partial charge in [-0.3, -0.25) is 9.59 Å². The summed E-state index contributed by atoms with van der Waals surface area (Å²) in [5.41, 5.74) is 1.07. The Balaban J connectivity index is 1.80. The summed E-state index contributed by atoms with van der Waals surface area (Å²) in [4.78, 5) is 28.4. The molecule has 6 nitrogen and oxygen atoms in total. The van der Waals surface area contributed by atoms with Crippen molar-refractivity contribution in [1.29, 1.82) is 0 Å². The number of carboxylic acid groups (broad SMARTS) is 1. The van der Waals surface area contributed by atoms with E-state index in [9.17, 15) is 9.59 Å². The number of thioether (sulfide) groups is 1. The van der Waals surface area contributed by atoms with Crippen LogP contribution in [0.3, 0.4) is 0 Å². The number of hydrogen-bond acceptors (Lipinski definition) is 5. The number of anilines is 2. The Morgan fingerprint density at radius 1 is 1.30 bits per heavy atom. The predicted octanol–water partition coefficient (Wildman–Crippen LogP) is 1.44. The SMILES string of the molecule is O=C(O)CSCC(=O)Nc1ccc(N2CCCC2)cn1. The minimum atomic E-state index is -0.920. The molecule has 0 saturated carbocycles. The van der Waals surface area contributed by atoms with Crippen LogP contribution in [0.5, 0.6) is 0 Å². The average molecular weight is 295 g/mol. The lowest BCUT2D eigenvalue weighted by molar-refractivity contribution is -0.133. The maximum absolute atomic E-state index is 11.6. The highest BCUT2D eigenvalue weighted by atomic mass is 32.2. The van der Waals surface area contributed by atoms with E-state index in [1.165, 1.54) is 12.8 Å². The first-order valence-electron chi connectivity index (χ1n) is 6.45. The first-order chi connectivity index (χ1) is 9.65. The van der Waals surface area contributed by atoms with Crippen LogP contribution in [0.2, 0.25) is 0 Å². The minimum absolute atomic E-state index is 0.0747. The normalized spacial score (nSPS) is 14.3. The van der Waals surface area contributed by atoms with E-state index < -0.39 is 5.97 Å². The molecular weight excluding hydrogens is 278 g/mol. The molecule has 1 saturated heterocycles. The van der Waals surface area contributed by atoms with Crippen molar-refractivity contribution in [3.63, 3.8) is 0 Å². The second-order valence-electron chi connectivity index (χ2n) is 4.53. The van der Waals surface area contributed by atoms with Crippen LogP contribution in [-0.4, -0.2) is 46.6 Å². The Hall–Kier alpha value is -1.76. The van der Waals surface area contributed by atoms with Gasteiger partial charge < -0.3 is 15.3 Å². The van der Waals surface area contributed by atoms with E-state index in [0.29, 0.717) is 5.82 Å². The topological polar surface area (TPSA) is 82.5 Å². The summed E-state index contributed by atoms with van der Waals surface area (Å²) in [7, 11) is 0. The lowest BCUT2D eigenvalue weighted by atomic mass is 10.3. The van der Waals surface area contributed by atoms with Crippen molar-refractivity contribution in [1.82, 2.24) is 4.98 Å². The highest BCUT2D eigenvalue weighted by Crippen LogP contribution is 2.20. The van der Waals surface area contributed by atoms with Crippen LogP contribution in [0.1, 0.15) is 12.8 Å². The number of amides is 1. The van der Waals surface area contributed by atoms with Crippen molar-refractivity contribution in [2.75, 3.05) is 34.8 Å². The molecule has 0 aromatic carbocycles. The molecule has 1 aromatic heterocycles. The number of carboxylic acids is 1. The molecule has 1 aromatic rings. The molecule has 0 atom stereocenters. The van der Waals surface area contributed by atoms with Gasteiger partial charge >= 0.3 is 5.97 Å². The molecular formula is C13H17N3O3S. The average Bonchev–Trinajstić information content (AvgIpc) is 2.93. The summed E-state index contributed by atoms with van der Waals surface area (Å²) in [5.74, 6) is -0.626. The highest BCUT2D eigenvalue weighted by Gasteiger charge is 2.12. The molecule has 1 aliphatic heterocycles. The third-order valence-electron chi connectivity index (χ3n) is 2.95. The number of pyridine rings is 1. The van der Waals surface area contributed by atoms with E-state index in [1.54, 1.807) is 12.3 Å². The molecule has 1 fully saturated rings. The van der Waals surface area contributed by atoms with Crippen molar-refractivity contribution in [2.45, 2.75) is 12.8 Å². The summed E-state index contributed by atoms with van der Waals surface area (Å²) < 4.78 is 0. The summed E-state index contributed by atoms with van der Waals surface area (Å²) in [6.07, 6.45) is 4.17. The number of nitrogens with one attached hydrogen (secondary N) is 1. The molecule has 2 rings (SSSR count). The van der Waals surface area contributed by atoms with E-state index in [4.69, 9.17) is 5.11 Å². The van der Waals surface area contributed by atoms with E-state index in [0.717, 1.165) is 30.5 Å². The smallest absolute Gasteiger partial charge is 0.313 e. The molecule has 1 amide bonds. The summed E-state index contributed by atoms with van der Waals surface area (Å²) in [6, 6.07) is 3.71. The van der Waals surface area contributed by atoms with Gasteiger partial charge in [-0.1, -0.05) is 0 Å². The Kier molecular flexibility index (Phi) is 5.23. The number of aliphatic carboxylic acids is 1. The van der Waals surface area contributed by atoms with Gasteiger partial charge in [-0.05, 0) is 25.0 Å². The van der Waals surface area contributed by atoms with E-state index in [1.807, 2.05) is 6.07 Å². The van der Waals surface area contributed by atoms with Crippen molar-refractivity contribution in [3.05, 3.63) is 18.3 Å². The molecule has 108 valence electrons. The standard InChI is InChI=1S/C13H17N3O3S/c17-12(8-20-9-13(18)19)15-11-4-3-10(7-14-11)16-5-1-2-6-16/h3-4,7H,1-2,5-6,8-9H2,(H,18,19)(H,14,15,17). The third kappa shape index (κ3) is 4.41. The fourth-order valence-electron chi connectivity index (χ4n) is 2.03. The molecule has 0 spiro atoms. The van der Waals surface area contributed by atoms with Crippen LogP contribution in [0.25, 0.3) is 0 Å². The number of carbonyl (C=O) groups excluding carboxylic acids is 1. The Bertz CT molecular complexity index is 472. The van der Waals surface area contributed by atoms with E-state index in [2.05, 4.69) is 15.2 Å². The first kappa shape index (κ1) is 14.6. The largest absolute Gasteiger partial charge is 0.481 e. The third-order valence-corrected chi connectivity index (χ3v) is 3.86. The lowest BCUT2D eigenvalue weighted by Gasteiger charge is -2.17. The number of hydrogen-bond donors (Lipinski definition) is 2. The fourth-order valence-corrected chi connectivity index (χ4v) is 2.57. The van der Waals surface area contributed by atoms with Gasteiger partial charge in [0, 0.05) is 13.1 Å². The molecule has 2 N–H and O–H groups in total. The quantitative estimate of drug-likeness (QED) is 0.826. The van der Waals surface area contributed by atoms with Crippen molar-refractivity contribution < 1.29 is 14.7 Å².